The summed E-state index contributed by atoms with van der Waals surface area (Å²) in [5, 5.41) is 0. The molecule has 1 aromatic rings. The molecule has 1 heterocycles. The summed E-state index contributed by atoms with van der Waals surface area (Å²) in [4.78, 5) is 3.17. The number of anilines is 1. The van der Waals surface area contributed by atoms with E-state index >= 15 is 0 Å². The maximum absolute atomic E-state index is 12.3. The first kappa shape index (κ1) is 14.5. The van der Waals surface area contributed by atoms with Crippen molar-refractivity contribution < 1.29 is 8.95 Å². The van der Waals surface area contributed by atoms with Gasteiger partial charge in [-0.15, -0.1) is 0 Å². The van der Waals surface area contributed by atoms with E-state index in [1.54, 1.807) is 0 Å². The lowest BCUT2D eigenvalue weighted by molar-refractivity contribution is -0.0141. The van der Waals surface area contributed by atoms with Gasteiger partial charge in [0.25, 0.3) is 0 Å². The van der Waals surface area contributed by atoms with Crippen LogP contribution in [0.3, 0.4) is 0 Å². The number of nitrogen functional groups attached to an aromatic ring is 1. The molecule has 5 heteroatoms. The van der Waals surface area contributed by atoms with E-state index in [0.717, 1.165) is 42.4 Å². The number of benzene rings is 1. The molecule has 4 nitrogen and oxygen atoms in total. The minimum absolute atomic E-state index is 0.0624. The molecular weight excluding hydrogens is 260 g/mol. The number of hydrogen-bond donors (Lipinski definition) is 1. The average Bonchev–Trinajstić information content (AvgIpc) is 2.42. The third kappa shape index (κ3) is 3.78. The summed E-state index contributed by atoms with van der Waals surface area (Å²) in [6.45, 7) is 7.68. The van der Waals surface area contributed by atoms with Crippen LogP contribution in [-0.2, 0) is 15.5 Å². The summed E-state index contributed by atoms with van der Waals surface area (Å²) in [6, 6.07) is 5.58. The Hall–Kier alpha value is -0.910. The van der Waals surface area contributed by atoms with Crippen LogP contribution >= 0.6 is 0 Å². The molecule has 19 heavy (non-hydrogen) atoms. The fourth-order valence-corrected chi connectivity index (χ4v) is 3.48. The minimum atomic E-state index is -1.02. The maximum atomic E-state index is 12.3. The monoisotopic (exact) mass is 282 g/mol. The summed E-state index contributed by atoms with van der Waals surface area (Å²) in [6.07, 6.45) is 0.0624. The van der Waals surface area contributed by atoms with Crippen molar-refractivity contribution in [1.82, 2.24) is 4.90 Å². The lowest BCUT2D eigenvalue weighted by atomic mass is 10.2. The van der Waals surface area contributed by atoms with Gasteiger partial charge < -0.3 is 10.5 Å². The standard InChI is InChI=1S/C14H22N2O2S/c1-3-16-6-7-18-12(9-16)10-19(17)13-4-5-14(15)11(2)8-13/h4-5,8,12H,3,6-7,9-10,15H2,1-2H3. The SMILES string of the molecule is CCN1CCOC(CS(=O)c2ccc(N)c(C)c2)C1. The van der Waals surface area contributed by atoms with Gasteiger partial charge in [0.15, 0.2) is 0 Å². The highest BCUT2D eigenvalue weighted by Crippen LogP contribution is 2.17. The van der Waals surface area contributed by atoms with Gasteiger partial charge in [0.1, 0.15) is 0 Å². The first-order valence-corrected chi connectivity index (χ1v) is 8.00. The molecule has 2 atom stereocenters. The minimum Gasteiger partial charge on any atom is -0.399 e. The van der Waals surface area contributed by atoms with Crippen molar-refractivity contribution in [2.45, 2.75) is 24.8 Å². The van der Waals surface area contributed by atoms with Gasteiger partial charge in [-0.05, 0) is 37.2 Å². The highest BCUT2D eigenvalue weighted by atomic mass is 32.2. The van der Waals surface area contributed by atoms with Gasteiger partial charge in [-0.2, -0.15) is 0 Å². The number of rotatable bonds is 4. The van der Waals surface area contributed by atoms with Gasteiger partial charge in [0.2, 0.25) is 0 Å². The fourth-order valence-electron chi connectivity index (χ4n) is 2.22. The molecule has 2 unspecified atom stereocenters. The van der Waals surface area contributed by atoms with Crippen molar-refractivity contribution in [2.24, 2.45) is 0 Å². The largest absolute Gasteiger partial charge is 0.399 e. The Morgan fingerprint density at radius 3 is 3.00 bits per heavy atom. The van der Waals surface area contributed by atoms with Crippen molar-refractivity contribution in [3.05, 3.63) is 23.8 Å². The molecule has 0 radical (unpaired) electrons. The van der Waals surface area contributed by atoms with Gasteiger partial charge in [-0.1, -0.05) is 6.92 Å². The van der Waals surface area contributed by atoms with E-state index in [1.165, 1.54) is 0 Å². The number of morpholine rings is 1. The number of nitrogens with zero attached hydrogens (tertiary/aromatic N) is 1. The Bertz CT molecular complexity index is 465. The quantitative estimate of drug-likeness (QED) is 0.848. The summed E-state index contributed by atoms with van der Waals surface area (Å²) in [7, 11) is -1.02. The third-order valence-electron chi connectivity index (χ3n) is 3.51. The van der Waals surface area contributed by atoms with Crippen molar-refractivity contribution >= 4 is 16.5 Å². The molecule has 1 saturated heterocycles. The lowest BCUT2D eigenvalue weighted by Gasteiger charge is -2.31. The Morgan fingerprint density at radius 1 is 1.53 bits per heavy atom. The van der Waals surface area contributed by atoms with E-state index in [9.17, 15) is 4.21 Å². The van der Waals surface area contributed by atoms with Crippen LogP contribution in [0.15, 0.2) is 23.1 Å². The Kier molecular flexibility index (Phi) is 4.96. The predicted molar refractivity (Wildman–Crippen MR) is 78.7 cm³/mol. The van der Waals surface area contributed by atoms with Crippen molar-refractivity contribution in [3.63, 3.8) is 0 Å². The summed E-state index contributed by atoms with van der Waals surface area (Å²) < 4.78 is 18.0. The zero-order valence-corrected chi connectivity index (χ0v) is 12.4. The smallest absolute Gasteiger partial charge is 0.0821 e. The van der Waals surface area contributed by atoms with Gasteiger partial charge in [-0.3, -0.25) is 9.11 Å². The number of aryl methyl sites for hydroxylation is 1. The Labute approximate surface area is 117 Å². The molecule has 0 bridgehead atoms. The van der Waals surface area contributed by atoms with E-state index in [2.05, 4.69) is 11.8 Å². The molecule has 1 aromatic carbocycles. The van der Waals surface area contributed by atoms with Crippen molar-refractivity contribution in [3.8, 4) is 0 Å². The van der Waals surface area contributed by atoms with Crippen LogP contribution in [0.25, 0.3) is 0 Å². The first-order valence-electron chi connectivity index (χ1n) is 6.68. The molecule has 2 rings (SSSR count). The Balaban J connectivity index is 1.98. The van der Waals surface area contributed by atoms with Crippen LogP contribution < -0.4 is 5.73 Å². The zero-order chi connectivity index (χ0) is 13.8. The molecule has 2 N–H and O–H groups in total. The molecular formula is C14H22N2O2S. The van der Waals surface area contributed by atoms with Gasteiger partial charge in [0.05, 0.1) is 29.3 Å². The average molecular weight is 282 g/mol. The number of likely N-dealkylation sites (N-methyl/N-ethyl adjacent to an activating group) is 1. The summed E-state index contributed by atoms with van der Waals surface area (Å²) in [5.41, 5.74) is 7.50. The number of ether oxygens (including phenoxy) is 1. The van der Waals surface area contributed by atoms with Crippen molar-refractivity contribution in [1.29, 1.82) is 0 Å². The molecule has 0 amide bonds. The second-order valence-corrected chi connectivity index (χ2v) is 6.41. The van der Waals surface area contributed by atoms with E-state index in [0.29, 0.717) is 5.75 Å². The van der Waals surface area contributed by atoms with Crippen LogP contribution in [0.5, 0.6) is 0 Å². The Morgan fingerprint density at radius 2 is 2.32 bits per heavy atom. The van der Waals surface area contributed by atoms with E-state index < -0.39 is 10.8 Å². The molecule has 0 spiro atoms. The highest BCUT2D eigenvalue weighted by Gasteiger charge is 2.22. The number of nitrogens with two attached hydrogens (primary N) is 1. The second-order valence-electron chi connectivity index (χ2n) is 4.92. The van der Waals surface area contributed by atoms with Gasteiger partial charge in [0, 0.05) is 23.7 Å². The lowest BCUT2D eigenvalue weighted by Crippen LogP contribution is -2.44. The molecule has 1 aliphatic heterocycles. The fraction of sp³-hybridized carbons (Fsp3) is 0.571. The first-order chi connectivity index (χ1) is 9.10. The molecule has 0 aliphatic carbocycles. The van der Waals surface area contributed by atoms with Crippen LogP contribution in [0.2, 0.25) is 0 Å². The molecule has 0 saturated carbocycles. The van der Waals surface area contributed by atoms with E-state index in [-0.39, 0.29) is 6.10 Å². The number of hydrogen-bond acceptors (Lipinski definition) is 4. The molecule has 1 aliphatic rings. The second kappa shape index (κ2) is 6.50. The molecule has 106 valence electrons. The van der Waals surface area contributed by atoms with Crippen LogP contribution in [0.4, 0.5) is 5.69 Å². The summed E-state index contributed by atoms with van der Waals surface area (Å²) >= 11 is 0. The predicted octanol–water partition coefficient (Wildman–Crippen LogP) is 1.41. The highest BCUT2D eigenvalue weighted by molar-refractivity contribution is 7.85. The van der Waals surface area contributed by atoms with Crippen LogP contribution in [-0.4, -0.2) is 47.2 Å². The molecule has 1 fully saturated rings. The topological polar surface area (TPSA) is 55.6 Å². The van der Waals surface area contributed by atoms with Crippen LogP contribution in [0, 0.1) is 6.92 Å². The third-order valence-corrected chi connectivity index (χ3v) is 4.97. The normalized spacial score (nSPS) is 22.3. The van der Waals surface area contributed by atoms with Crippen molar-refractivity contribution in [2.75, 3.05) is 37.7 Å². The van der Waals surface area contributed by atoms with Gasteiger partial charge >= 0.3 is 0 Å². The molecule has 0 aromatic heterocycles. The zero-order valence-electron chi connectivity index (χ0n) is 11.6. The maximum Gasteiger partial charge on any atom is 0.0821 e. The van der Waals surface area contributed by atoms with Crippen LogP contribution in [0.1, 0.15) is 12.5 Å². The van der Waals surface area contributed by atoms with E-state index in [4.69, 9.17) is 10.5 Å². The summed E-state index contributed by atoms with van der Waals surface area (Å²) in [5.74, 6) is 0.555. The van der Waals surface area contributed by atoms with E-state index in [1.807, 2.05) is 25.1 Å². The van der Waals surface area contributed by atoms with Gasteiger partial charge in [-0.25, -0.2) is 0 Å².